The molecule has 2 heteroatoms. The van der Waals surface area contributed by atoms with E-state index in [4.69, 9.17) is 16.3 Å². The highest BCUT2D eigenvalue weighted by Gasteiger charge is 2.08. The van der Waals surface area contributed by atoms with Gasteiger partial charge in [0.1, 0.15) is 11.5 Å². The van der Waals surface area contributed by atoms with Crippen LogP contribution in [-0.2, 0) is 0 Å². The van der Waals surface area contributed by atoms with Crippen LogP contribution in [0.3, 0.4) is 0 Å². The molecule has 3 aromatic carbocycles. The molecule has 0 amide bonds. The molecule has 0 N–H and O–H groups in total. The summed E-state index contributed by atoms with van der Waals surface area (Å²) in [5.74, 6) is 1.56. The molecule has 0 aliphatic rings. The molecule has 98 valence electrons. The topological polar surface area (TPSA) is 9.23 Å². The summed E-state index contributed by atoms with van der Waals surface area (Å²) in [6.07, 6.45) is 0. The van der Waals surface area contributed by atoms with Crippen LogP contribution in [0.1, 0.15) is 0 Å². The molecule has 0 fully saturated rings. The molecule has 3 rings (SSSR count). The fraction of sp³-hybridized carbons (Fsp3) is 0. The van der Waals surface area contributed by atoms with Gasteiger partial charge in [-0.1, -0.05) is 60.1 Å². The first-order valence-electron chi connectivity index (χ1n) is 6.41. The van der Waals surface area contributed by atoms with Crippen molar-refractivity contribution < 1.29 is 4.74 Å². The summed E-state index contributed by atoms with van der Waals surface area (Å²) in [7, 11) is 0. The number of rotatable bonds is 3. The second-order valence-corrected chi connectivity index (χ2v) is 4.86. The molecule has 0 saturated heterocycles. The molecule has 0 spiro atoms. The van der Waals surface area contributed by atoms with Crippen molar-refractivity contribution >= 4 is 11.6 Å². The van der Waals surface area contributed by atoms with Crippen LogP contribution >= 0.6 is 11.6 Å². The SMILES string of the molecule is Clc1ccc(-c2ccccc2)c(Oc2ccccc2)c1. The Morgan fingerprint density at radius 3 is 2.05 bits per heavy atom. The lowest BCUT2D eigenvalue weighted by Gasteiger charge is -2.12. The minimum absolute atomic E-state index is 0.663. The highest BCUT2D eigenvalue weighted by Crippen LogP contribution is 2.35. The molecule has 0 heterocycles. The van der Waals surface area contributed by atoms with E-state index in [1.807, 2.05) is 66.7 Å². The maximum absolute atomic E-state index is 6.09. The van der Waals surface area contributed by atoms with E-state index in [2.05, 4.69) is 12.1 Å². The van der Waals surface area contributed by atoms with E-state index < -0.39 is 0 Å². The number of ether oxygens (including phenoxy) is 1. The van der Waals surface area contributed by atoms with Crippen LogP contribution in [0.4, 0.5) is 0 Å². The number of halogens is 1. The van der Waals surface area contributed by atoms with Crippen LogP contribution in [0.5, 0.6) is 11.5 Å². The van der Waals surface area contributed by atoms with E-state index in [1.165, 1.54) is 0 Å². The van der Waals surface area contributed by atoms with Crippen molar-refractivity contribution in [3.8, 4) is 22.6 Å². The van der Waals surface area contributed by atoms with Gasteiger partial charge >= 0.3 is 0 Å². The van der Waals surface area contributed by atoms with Crippen LogP contribution in [0.15, 0.2) is 78.9 Å². The fourth-order valence-corrected chi connectivity index (χ4v) is 2.21. The molecule has 20 heavy (non-hydrogen) atoms. The number of para-hydroxylation sites is 1. The van der Waals surface area contributed by atoms with Crippen molar-refractivity contribution in [2.75, 3.05) is 0 Å². The van der Waals surface area contributed by atoms with Crippen LogP contribution in [0.2, 0.25) is 5.02 Å². The van der Waals surface area contributed by atoms with Gasteiger partial charge in [0.25, 0.3) is 0 Å². The highest BCUT2D eigenvalue weighted by molar-refractivity contribution is 6.30. The summed E-state index contributed by atoms with van der Waals surface area (Å²) in [5.41, 5.74) is 2.13. The van der Waals surface area contributed by atoms with Crippen molar-refractivity contribution in [2.45, 2.75) is 0 Å². The Morgan fingerprint density at radius 1 is 0.700 bits per heavy atom. The first-order chi connectivity index (χ1) is 9.83. The Balaban J connectivity index is 2.03. The molecule has 0 aliphatic heterocycles. The Hall–Kier alpha value is -2.25. The van der Waals surface area contributed by atoms with Gasteiger partial charge in [0.15, 0.2) is 0 Å². The van der Waals surface area contributed by atoms with E-state index in [1.54, 1.807) is 0 Å². The smallest absolute Gasteiger partial charge is 0.136 e. The molecular weight excluding hydrogens is 268 g/mol. The molecule has 0 atom stereocenters. The van der Waals surface area contributed by atoms with Gasteiger partial charge in [-0.3, -0.25) is 0 Å². The first-order valence-corrected chi connectivity index (χ1v) is 6.78. The van der Waals surface area contributed by atoms with Gasteiger partial charge in [0, 0.05) is 16.7 Å². The molecule has 0 saturated carbocycles. The van der Waals surface area contributed by atoms with Gasteiger partial charge in [-0.2, -0.15) is 0 Å². The predicted molar refractivity (Wildman–Crippen MR) is 83.4 cm³/mol. The van der Waals surface area contributed by atoms with Crippen molar-refractivity contribution in [1.29, 1.82) is 0 Å². The third kappa shape index (κ3) is 2.84. The van der Waals surface area contributed by atoms with Crippen LogP contribution < -0.4 is 4.74 Å². The lowest BCUT2D eigenvalue weighted by Crippen LogP contribution is -1.88. The van der Waals surface area contributed by atoms with E-state index in [-0.39, 0.29) is 0 Å². The predicted octanol–water partition coefficient (Wildman–Crippen LogP) is 5.80. The molecule has 1 nitrogen and oxygen atoms in total. The summed E-state index contributed by atoms with van der Waals surface area (Å²) >= 11 is 6.09. The maximum Gasteiger partial charge on any atom is 0.136 e. The van der Waals surface area contributed by atoms with Gasteiger partial charge in [-0.25, -0.2) is 0 Å². The Bertz CT molecular complexity index is 693. The minimum atomic E-state index is 0.663. The third-order valence-corrected chi connectivity index (χ3v) is 3.23. The van der Waals surface area contributed by atoms with Gasteiger partial charge < -0.3 is 4.74 Å². The molecule has 3 aromatic rings. The second-order valence-electron chi connectivity index (χ2n) is 4.42. The zero-order chi connectivity index (χ0) is 13.8. The molecule has 0 bridgehead atoms. The molecule has 0 radical (unpaired) electrons. The summed E-state index contributed by atoms with van der Waals surface area (Å²) in [5, 5.41) is 0.663. The fourth-order valence-electron chi connectivity index (χ4n) is 2.05. The van der Waals surface area contributed by atoms with Crippen molar-refractivity contribution in [1.82, 2.24) is 0 Å². The van der Waals surface area contributed by atoms with Gasteiger partial charge in [-0.15, -0.1) is 0 Å². The lowest BCUT2D eigenvalue weighted by molar-refractivity contribution is 0.484. The highest BCUT2D eigenvalue weighted by atomic mass is 35.5. The number of benzene rings is 3. The minimum Gasteiger partial charge on any atom is -0.457 e. The standard InChI is InChI=1S/C18H13ClO/c19-15-11-12-17(14-7-3-1-4-8-14)18(13-15)20-16-9-5-2-6-10-16/h1-13H. The zero-order valence-corrected chi connectivity index (χ0v) is 11.5. The van der Waals surface area contributed by atoms with Crippen molar-refractivity contribution in [2.24, 2.45) is 0 Å². The van der Waals surface area contributed by atoms with Crippen LogP contribution in [0, 0.1) is 0 Å². The first kappa shape index (κ1) is 12.8. The monoisotopic (exact) mass is 280 g/mol. The van der Waals surface area contributed by atoms with Gasteiger partial charge in [0.2, 0.25) is 0 Å². The molecule has 0 unspecified atom stereocenters. The molecule has 0 aromatic heterocycles. The van der Waals surface area contributed by atoms with E-state index in [0.717, 1.165) is 22.6 Å². The Kier molecular flexibility index (Phi) is 3.71. The molecular formula is C18H13ClO. The van der Waals surface area contributed by atoms with Gasteiger partial charge in [0.05, 0.1) is 0 Å². The molecule has 0 aliphatic carbocycles. The number of hydrogen-bond donors (Lipinski definition) is 0. The average molecular weight is 281 g/mol. The normalized spacial score (nSPS) is 10.2. The Morgan fingerprint density at radius 2 is 1.35 bits per heavy atom. The quantitative estimate of drug-likeness (QED) is 0.589. The summed E-state index contributed by atoms with van der Waals surface area (Å²) in [6, 6.07) is 25.5. The summed E-state index contributed by atoms with van der Waals surface area (Å²) in [6.45, 7) is 0. The van der Waals surface area contributed by atoms with E-state index >= 15 is 0 Å². The third-order valence-electron chi connectivity index (χ3n) is 3.00. The Labute approximate surface area is 123 Å². The number of hydrogen-bond acceptors (Lipinski definition) is 1. The van der Waals surface area contributed by atoms with E-state index in [0.29, 0.717) is 5.02 Å². The zero-order valence-electron chi connectivity index (χ0n) is 10.8. The largest absolute Gasteiger partial charge is 0.457 e. The van der Waals surface area contributed by atoms with Crippen LogP contribution in [0.25, 0.3) is 11.1 Å². The van der Waals surface area contributed by atoms with Crippen molar-refractivity contribution in [3.05, 3.63) is 83.9 Å². The lowest BCUT2D eigenvalue weighted by atomic mass is 10.0. The average Bonchev–Trinajstić information content (AvgIpc) is 2.49. The van der Waals surface area contributed by atoms with Crippen molar-refractivity contribution in [3.63, 3.8) is 0 Å². The van der Waals surface area contributed by atoms with E-state index in [9.17, 15) is 0 Å². The van der Waals surface area contributed by atoms with Gasteiger partial charge in [-0.05, 0) is 29.8 Å². The summed E-state index contributed by atoms with van der Waals surface area (Å²) in [4.78, 5) is 0. The van der Waals surface area contributed by atoms with Crippen LogP contribution in [-0.4, -0.2) is 0 Å². The maximum atomic E-state index is 6.09. The summed E-state index contributed by atoms with van der Waals surface area (Å²) < 4.78 is 5.96. The second kappa shape index (κ2) is 5.81.